The molecule has 5 nitrogen and oxygen atoms in total. The van der Waals surface area contributed by atoms with E-state index in [1.165, 1.54) is 5.56 Å². The van der Waals surface area contributed by atoms with Gasteiger partial charge < -0.3 is 20.1 Å². The van der Waals surface area contributed by atoms with Crippen LogP contribution in [-0.2, 0) is 4.74 Å². The highest BCUT2D eigenvalue weighted by atomic mass is 16.6. The zero-order valence-corrected chi connectivity index (χ0v) is 13.5. The van der Waals surface area contributed by atoms with E-state index in [2.05, 4.69) is 17.6 Å². The molecular formula is C16H26N2O3. The molecule has 0 spiro atoms. The Labute approximate surface area is 127 Å². The Kier molecular flexibility index (Phi) is 6.49. The molecule has 0 aliphatic carbocycles. The van der Waals surface area contributed by atoms with E-state index in [0.29, 0.717) is 13.1 Å². The molecule has 2 N–H and O–H groups in total. The summed E-state index contributed by atoms with van der Waals surface area (Å²) in [6.45, 7) is 8.81. The smallest absolute Gasteiger partial charge is 0.407 e. The first kappa shape index (κ1) is 17.3. The number of hydrogen-bond donors (Lipinski definition) is 2. The minimum Gasteiger partial charge on any atom is -0.497 e. The van der Waals surface area contributed by atoms with Gasteiger partial charge in [0.25, 0.3) is 0 Å². The standard InChI is InChI=1S/C16H26N2O3/c1-12(13-6-8-14(20-5)9-7-13)17-10-11-18-15(19)21-16(2,3)4/h6-9,12,17H,10-11H2,1-5H3,(H,18,19)/t12-/m1/s1. The topological polar surface area (TPSA) is 59.6 Å². The van der Waals surface area contributed by atoms with Crippen molar-refractivity contribution >= 4 is 6.09 Å². The maximum absolute atomic E-state index is 11.5. The van der Waals surface area contributed by atoms with Crippen molar-refractivity contribution in [3.63, 3.8) is 0 Å². The molecule has 1 aromatic rings. The molecular weight excluding hydrogens is 268 g/mol. The monoisotopic (exact) mass is 294 g/mol. The molecule has 0 fully saturated rings. The van der Waals surface area contributed by atoms with Crippen molar-refractivity contribution in [2.45, 2.75) is 39.3 Å². The van der Waals surface area contributed by atoms with Gasteiger partial charge >= 0.3 is 6.09 Å². The van der Waals surface area contributed by atoms with Crippen molar-refractivity contribution in [3.8, 4) is 5.75 Å². The average Bonchev–Trinajstić information content (AvgIpc) is 2.41. The number of methoxy groups -OCH3 is 1. The van der Waals surface area contributed by atoms with Crippen molar-refractivity contribution in [1.29, 1.82) is 0 Å². The van der Waals surface area contributed by atoms with Crippen LogP contribution in [0.15, 0.2) is 24.3 Å². The summed E-state index contributed by atoms with van der Waals surface area (Å²) in [6, 6.07) is 8.13. The highest BCUT2D eigenvalue weighted by Gasteiger charge is 2.15. The maximum atomic E-state index is 11.5. The Balaban J connectivity index is 2.27. The summed E-state index contributed by atoms with van der Waals surface area (Å²) in [6.07, 6.45) is -0.388. The van der Waals surface area contributed by atoms with Gasteiger partial charge in [0.1, 0.15) is 11.4 Å². The fourth-order valence-corrected chi connectivity index (χ4v) is 1.78. The number of nitrogens with one attached hydrogen (secondary N) is 2. The van der Waals surface area contributed by atoms with Crippen molar-refractivity contribution < 1.29 is 14.3 Å². The number of benzene rings is 1. The second kappa shape index (κ2) is 7.88. The number of carbonyl (C=O) groups is 1. The number of amides is 1. The van der Waals surface area contributed by atoms with Crippen molar-refractivity contribution in [2.75, 3.05) is 20.2 Å². The number of hydrogen-bond acceptors (Lipinski definition) is 4. The molecule has 5 heteroatoms. The molecule has 0 unspecified atom stereocenters. The fraction of sp³-hybridized carbons (Fsp3) is 0.562. The Bertz CT molecular complexity index is 438. The molecule has 0 radical (unpaired) electrons. The Morgan fingerprint density at radius 3 is 2.33 bits per heavy atom. The number of rotatable bonds is 6. The lowest BCUT2D eigenvalue weighted by Gasteiger charge is -2.20. The van der Waals surface area contributed by atoms with Gasteiger partial charge in [-0.25, -0.2) is 4.79 Å². The van der Waals surface area contributed by atoms with Gasteiger partial charge in [-0.1, -0.05) is 12.1 Å². The molecule has 1 amide bonds. The third-order valence-electron chi connectivity index (χ3n) is 2.86. The zero-order valence-electron chi connectivity index (χ0n) is 13.5. The van der Waals surface area contributed by atoms with E-state index in [4.69, 9.17) is 9.47 Å². The molecule has 1 aromatic carbocycles. The van der Waals surface area contributed by atoms with E-state index in [0.717, 1.165) is 5.75 Å². The van der Waals surface area contributed by atoms with Crippen LogP contribution in [0.25, 0.3) is 0 Å². The van der Waals surface area contributed by atoms with Gasteiger partial charge in [0, 0.05) is 19.1 Å². The molecule has 1 rings (SSSR count). The zero-order chi connectivity index (χ0) is 15.9. The quantitative estimate of drug-likeness (QED) is 0.792. The maximum Gasteiger partial charge on any atom is 0.407 e. The summed E-state index contributed by atoms with van der Waals surface area (Å²) < 4.78 is 10.3. The normalized spacial score (nSPS) is 12.6. The molecule has 1 atom stereocenters. The Morgan fingerprint density at radius 1 is 1.19 bits per heavy atom. The molecule has 118 valence electrons. The van der Waals surface area contributed by atoms with Crippen LogP contribution in [0, 0.1) is 0 Å². The summed E-state index contributed by atoms with van der Waals surface area (Å²) in [4.78, 5) is 11.5. The number of carbonyl (C=O) groups excluding carboxylic acids is 1. The SMILES string of the molecule is COc1ccc([C@@H](C)NCCNC(=O)OC(C)(C)C)cc1. The number of alkyl carbamates (subject to hydrolysis) is 1. The second-order valence-electron chi connectivity index (χ2n) is 5.88. The van der Waals surface area contributed by atoms with Gasteiger partial charge in [-0.05, 0) is 45.4 Å². The van der Waals surface area contributed by atoms with E-state index in [-0.39, 0.29) is 12.1 Å². The van der Waals surface area contributed by atoms with Gasteiger partial charge in [0.2, 0.25) is 0 Å². The lowest BCUT2D eigenvalue weighted by atomic mass is 10.1. The molecule has 0 aromatic heterocycles. The van der Waals surface area contributed by atoms with Crippen LogP contribution in [0.2, 0.25) is 0 Å². The van der Waals surface area contributed by atoms with E-state index in [9.17, 15) is 4.79 Å². The molecule has 0 aliphatic heterocycles. The summed E-state index contributed by atoms with van der Waals surface area (Å²) >= 11 is 0. The molecule has 0 heterocycles. The average molecular weight is 294 g/mol. The molecule has 21 heavy (non-hydrogen) atoms. The highest BCUT2D eigenvalue weighted by molar-refractivity contribution is 5.67. The molecule has 0 aliphatic rings. The van der Waals surface area contributed by atoms with Crippen LogP contribution in [0.4, 0.5) is 4.79 Å². The summed E-state index contributed by atoms with van der Waals surface area (Å²) in [7, 11) is 1.65. The van der Waals surface area contributed by atoms with Gasteiger partial charge in [0.05, 0.1) is 7.11 Å². The van der Waals surface area contributed by atoms with E-state index < -0.39 is 5.60 Å². The van der Waals surface area contributed by atoms with Crippen LogP contribution in [0.3, 0.4) is 0 Å². The van der Waals surface area contributed by atoms with Crippen LogP contribution < -0.4 is 15.4 Å². The molecule has 0 bridgehead atoms. The highest BCUT2D eigenvalue weighted by Crippen LogP contribution is 2.16. The lowest BCUT2D eigenvalue weighted by molar-refractivity contribution is 0.0528. The predicted molar refractivity (Wildman–Crippen MR) is 83.6 cm³/mol. The first-order valence-electron chi connectivity index (χ1n) is 7.16. The minimum absolute atomic E-state index is 0.205. The summed E-state index contributed by atoms with van der Waals surface area (Å²) in [5.74, 6) is 0.845. The van der Waals surface area contributed by atoms with E-state index in [1.54, 1.807) is 7.11 Å². The van der Waals surface area contributed by atoms with Crippen molar-refractivity contribution in [3.05, 3.63) is 29.8 Å². The lowest BCUT2D eigenvalue weighted by Crippen LogP contribution is -2.36. The van der Waals surface area contributed by atoms with Crippen LogP contribution in [0.1, 0.15) is 39.3 Å². The molecule has 0 saturated heterocycles. The predicted octanol–water partition coefficient (Wildman–Crippen LogP) is 2.87. The Hall–Kier alpha value is -1.75. The first-order valence-corrected chi connectivity index (χ1v) is 7.16. The minimum atomic E-state index is -0.464. The summed E-state index contributed by atoms with van der Waals surface area (Å²) in [5, 5.41) is 6.06. The Morgan fingerprint density at radius 2 is 1.81 bits per heavy atom. The van der Waals surface area contributed by atoms with Crippen LogP contribution >= 0.6 is 0 Å². The van der Waals surface area contributed by atoms with E-state index in [1.807, 2.05) is 45.0 Å². The van der Waals surface area contributed by atoms with Gasteiger partial charge in [-0.2, -0.15) is 0 Å². The van der Waals surface area contributed by atoms with Crippen LogP contribution in [0.5, 0.6) is 5.75 Å². The third-order valence-corrected chi connectivity index (χ3v) is 2.86. The van der Waals surface area contributed by atoms with Crippen LogP contribution in [-0.4, -0.2) is 31.9 Å². The van der Waals surface area contributed by atoms with Crippen molar-refractivity contribution in [1.82, 2.24) is 10.6 Å². The summed E-state index contributed by atoms with van der Waals surface area (Å²) in [5.41, 5.74) is 0.710. The largest absolute Gasteiger partial charge is 0.497 e. The van der Waals surface area contributed by atoms with E-state index >= 15 is 0 Å². The fourth-order valence-electron chi connectivity index (χ4n) is 1.78. The molecule has 0 saturated carbocycles. The van der Waals surface area contributed by atoms with Crippen molar-refractivity contribution in [2.24, 2.45) is 0 Å². The van der Waals surface area contributed by atoms with Gasteiger partial charge in [0.15, 0.2) is 0 Å². The first-order chi connectivity index (χ1) is 9.81. The number of ether oxygens (including phenoxy) is 2. The van der Waals surface area contributed by atoms with Gasteiger partial charge in [-0.3, -0.25) is 0 Å². The van der Waals surface area contributed by atoms with Gasteiger partial charge in [-0.15, -0.1) is 0 Å². The second-order valence-corrected chi connectivity index (χ2v) is 5.88. The third kappa shape index (κ3) is 6.99.